The van der Waals surface area contributed by atoms with E-state index in [0.29, 0.717) is 6.04 Å². The number of piperidine rings is 2. The second kappa shape index (κ2) is 6.67. The lowest BCUT2D eigenvalue weighted by Gasteiger charge is -2.47. The van der Waals surface area contributed by atoms with Crippen LogP contribution in [0.4, 0.5) is 0 Å². The Hall–Kier alpha value is -0.580. The highest BCUT2D eigenvalue weighted by molar-refractivity contribution is 9.10. The van der Waals surface area contributed by atoms with Crippen LogP contribution in [-0.4, -0.2) is 37.2 Å². The number of hydrogen-bond donors (Lipinski definition) is 1. The molecule has 2 aliphatic rings. The van der Waals surface area contributed by atoms with Gasteiger partial charge in [0.25, 0.3) is 0 Å². The summed E-state index contributed by atoms with van der Waals surface area (Å²) in [6.07, 6.45) is 6.70. The zero-order valence-electron chi connectivity index (χ0n) is 12.9. The molecule has 0 saturated carbocycles. The molecule has 4 heteroatoms. The predicted molar refractivity (Wildman–Crippen MR) is 89.7 cm³/mol. The normalized spacial score (nSPS) is 29.4. The highest BCUT2D eigenvalue weighted by Gasteiger charge is 2.35. The van der Waals surface area contributed by atoms with Gasteiger partial charge in [0.1, 0.15) is 5.75 Å². The molecule has 2 bridgehead atoms. The second-order valence-electron chi connectivity index (χ2n) is 6.41. The Morgan fingerprint density at radius 2 is 2.00 bits per heavy atom. The number of rotatable bonds is 4. The van der Waals surface area contributed by atoms with E-state index in [1.165, 1.54) is 37.7 Å². The summed E-state index contributed by atoms with van der Waals surface area (Å²) in [6.45, 7) is 0.885. The van der Waals surface area contributed by atoms with Crippen molar-refractivity contribution in [2.24, 2.45) is 0 Å². The predicted octanol–water partition coefficient (Wildman–Crippen LogP) is 3.56. The summed E-state index contributed by atoms with van der Waals surface area (Å²) in [6, 6.07) is 8.41. The highest BCUT2D eigenvalue weighted by atomic mass is 79.9. The van der Waals surface area contributed by atoms with E-state index in [2.05, 4.69) is 39.3 Å². The number of ether oxygens (including phenoxy) is 1. The van der Waals surface area contributed by atoms with Gasteiger partial charge in [-0.05, 0) is 50.9 Å². The van der Waals surface area contributed by atoms with Crippen LogP contribution in [0.25, 0.3) is 0 Å². The molecule has 21 heavy (non-hydrogen) atoms. The van der Waals surface area contributed by atoms with E-state index in [9.17, 15) is 0 Å². The minimum absolute atomic E-state index is 0.639. The van der Waals surface area contributed by atoms with Gasteiger partial charge < -0.3 is 15.0 Å². The Morgan fingerprint density at radius 1 is 1.29 bits per heavy atom. The van der Waals surface area contributed by atoms with Crippen LogP contribution in [0.3, 0.4) is 0 Å². The molecule has 0 spiro atoms. The van der Waals surface area contributed by atoms with Gasteiger partial charge in [0.15, 0.2) is 0 Å². The third kappa shape index (κ3) is 3.43. The van der Waals surface area contributed by atoms with E-state index in [1.807, 2.05) is 12.1 Å². The second-order valence-corrected chi connectivity index (χ2v) is 7.33. The van der Waals surface area contributed by atoms with E-state index in [1.54, 1.807) is 7.11 Å². The monoisotopic (exact) mass is 352 g/mol. The molecule has 0 aliphatic carbocycles. The smallest absolute Gasteiger partial charge is 0.123 e. The van der Waals surface area contributed by atoms with Crippen molar-refractivity contribution in [3.63, 3.8) is 0 Å². The first-order valence-corrected chi connectivity index (χ1v) is 8.74. The van der Waals surface area contributed by atoms with Gasteiger partial charge in [0.05, 0.1) is 7.11 Å². The van der Waals surface area contributed by atoms with Gasteiger partial charge >= 0.3 is 0 Å². The maximum absolute atomic E-state index is 5.46. The molecule has 3 nitrogen and oxygen atoms in total. The molecular formula is C17H25BrN2O. The van der Waals surface area contributed by atoms with Crippen LogP contribution in [0, 0.1) is 0 Å². The van der Waals surface area contributed by atoms with E-state index >= 15 is 0 Å². The van der Waals surface area contributed by atoms with Crippen molar-refractivity contribution in [2.45, 2.75) is 56.8 Å². The van der Waals surface area contributed by atoms with E-state index in [-0.39, 0.29) is 0 Å². The Kier molecular flexibility index (Phi) is 4.87. The van der Waals surface area contributed by atoms with Crippen LogP contribution in [0.1, 0.15) is 37.7 Å². The van der Waals surface area contributed by atoms with Crippen LogP contribution < -0.4 is 10.1 Å². The topological polar surface area (TPSA) is 24.5 Å². The summed E-state index contributed by atoms with van der Waals surface area (Å²) in [4.78, 5) is 2.61. The molecule has 2 fully saturated rings. The Balaban J connectivity index is 1.62. The van der Waals surface area contributed by atoms with Crippen LogP contribution >= 0.6 is 15.9 Å². The molecule has 0 radical (unpaired) electrons. The van der Waals surface area contributed by atoms with Crippen LogP contribution in [-0.2, 0) is 6.54 Å². The summed E-state index contributed by atoms with van der Waals surface area (Å²) in [5.74, 6) is 0.971. The SMILES string of the molecule is COc1ccc(Br)cc1CNC1CC2CCCC(C1)N2C. The summed E-state index contributed by atoms with van der Waals surface area (Å²) in [7, 11) is 4.05. The fourth-order valence-electron chi connectivity index (χ4n) is 3.92. The lowest BCUT2D eigenvalue weighted by atomic mass is 9.82. The Morgan fingerprint density at radius 3 is 2.67 bits per heavy atom. The van der Waals surface area contributed by atoms with Crippen LogP contribution in [0.2, 0.25) is 0 Å². The number of methoxy groups -OCH3 is 1. The molecule has 1 aromatic carbocycles. The molecule has 0 aromatic heterocycles. The molecule has 2 saturated heterocycles. The van der Waals surface area contributed by atoms with Gasteiger partial charge in [-0.1, -0.05) is 22.4 Å². The first-order valence-electron chi connectivity index (χ1n) is 7.95. The van der Waals surface area contributed by atoms with Gasteiger partial charge in [0, 0.05) is 34.7 Å². The van der Waals surface area contributed by atoms with Crippen molar-refractivity contribution in [1.29, 1.82) is 0 Å². The summed E-state index contributed by atoms with van der Waals surface area (Å²) >= 11 is 3.55. The van der Waals surface area contributed by atoms with E-state index < -0.39 is 0 Å². The Labute approximate surface area is 136 Å². The highest BCUT2D eigenvalue weighted by Crippen LogP contribution is 2.33. The number of nitrogens with zero attached hydrogens (tertiary/aromatic N) is 1. The standard InChI is InChI=1S/C17H25BrN2O/c1-20-15-4-3-5-16(20)10-14(9-15)19-11-12-8-13(18)6-7-17(12)21-2/h6-8,14-16,19H,3-5,9-11H2,1-2H3. The average Bonchev–Trinajstić information content (AvgIpc) is 2.45. The fourth-order valence-corrected chi connectivity index (χ4v) is 4.33. The van der Waals surface area contributed by atoms with Crippen molar-refractivity contribution in [3.05, 3.63) is 28.2 Å². The molecule has 1 N–H and O–H groups in total. The molecule has 116 valence electrons. The minimum atomic E-state index is 0.639. The summed E-state index contributed by atoms with van der Waals surface area (Å²) < 4.78 is 6.57. The molecule has 3 rings (SSSR count). The minimum Gasteiger partial charge on any atom is -0.496 e. The summed E-state index contributed by atoms with van der Waals surface area (Å²) in [5, 5.41) is 3.76. The number of hydrogen-bond acceptors (Lipinski definition) is 3. The Bertz CT molecular complexity index is 480. The first-order chi connectivity index (χ1) is 10.2. The molecule has 2 unspecified atom stereocenters. The first kappa shape index (κ1) is 15.3. The number of nitrogens with one attached hydrogen (secondary N) is 1. The molecule has 2 aliphatic heterocycles. The van der Waals surface area contributed by atoms with Crippen molar-refractivity contribution >= 4 is 15.9 Å². The van der Waals surface area contributed by atoms with Crippen LogP contribution in [0.5, 0.6) is 5.75 Å². The lowest BCUT2D eigenvalue weighted by Crippen LogP contribution is -2.54. The molecule has 2 heterocycles. The number of halogens is 1. The van der Waals surface area contributed by atoms with Crippen LogP contribution in [0.15, 0.2) is 22.7 Å². The third-order valence-electron chi connectivity index (χ3n) is 5.16. The molecule has 0 amide bonds. The maximum atomic E-state index is 5.46. The van der Waals surface area contributed by atoms with Crippen molar-refractivity contribution in [3.8, 4) is 5.75 Å². The third-order valence-corrected chi connectivity index (χ3v) is 5.66. The summed E-state index contributed by atoms with van der Waals surface area (Å²) in [5.41, 5.74) is 1.23. The zero-order valence-corrected chi connectivity index (χ0v) is 14.5. The van der Waals surface area contributed by atoms with Gasteiger partial charge in [-0.2, -0.15) is 0 Å². The van der Waals surface area contributed by atoms with E-state index in [0.717, 1.165) is 28.9 Å². The molecule has 1 aromatic rings. The molecule has 2 atom stereocenters. The molecular weight excluding hydrogens is 328 g/mol. The maximum Gasteiger partial charge on any atom is 0.123 e. The number of fused-ring (bicyclic) bond motifs is 2. The van der Waals surface area contributed by atoms with Crippen molar-refractivity contribution < 1.29 is 4.74 Å². The largest absolute Gasteiger partial charge is 0.496 e. The number of benzene rings is 1. The lowest BCUT2D eigenvalue weighted by molar-refractivity contribution is 0.0482. The average molecular weight is 353 g/mol. The van der Waals surface area contributed by atoms with Gasteiger partial charge in [-0.15, -0.1) is 0 Å². The van der Waals surface area contributed by atoms with Gasteiger partial charge in [-0.25, -0.2) is 0 Å². The zero-order chi connectivity index (χ0) is 14.8. The van der Waals surface area contributed by atoms with Gasteiger partial charge in [-0.3, -0.25) is 0 Å². The fraction of sp³-hybridized carbons (Fsp3) is 0.647. The van der Waals surface area contributed by atoms with E-state index in [4.69, 9.17) is 4.74 Å². The van der Waals surface area contributed by atoms with Crippen molar-refractivity contribution in [2.75, 3.05) is 14.2 Å². The quantitative estimate of drug-likeness (QED) is 0.896. The van der Waals surface area contributed by atoms with Crippen molar-refractivity contribution in [1.82, 2.24) is 10.2 Å². The van der Waals surface area contributed by atoms with Gasteiger partial charge in [0.2, 0.25) is 0 Å².